The molecule has 3 nitrogen and oxygen atoms in total. The van der Waals surface area contributed by atoms with Crippen LogP contribution in [-0.4, -0.2) is 4.98 Å². The smallest absolute Gasteiger partial charge is 0.197 e. The van der Waals surface area contributed by atoms with Crippen LogP contribution in [0.5, 0.6) is 0 Å². The van der Waals surface area contributed by atoms with Crippen LogP contribution in [-0.2, 0) is 6.42 Å². The number of hydrogen-bond acceptors (Lipinski definition) is 3. The second-order valence-electron chi connectivity index (χ2n) is 4.53. The molecule has 0 saturated carbocycles. The number of fused-ring (bicyclic) bond motifs is 1. The van der Waals surface area contributed by atoms with Gasteiger partial charge in [-0.2, -0.15) is 0 Å². The number of halogens is 2. The number of nitrogens with two attached hydrogens (primary N) is 1. The van der Waals surface area contributed by atoms with Crippen LogP contribution in [0.2, 0.25) is 5.02 Å². The normalized spacial score (nSPS) is 12.8. The highest BCUT2D eigenvalue weighted by Crippen LogP contribution is 2.25. The molecule has 0 amide bonds. The van der Waals surface area contributed by atoms with Crippen molar-refractivity contribution in [1.29, 1.82) is 0 Å². The number of oxazole rings is 1. The minimum Gasteiger partial charge on any atom is -0.441 e. The number of rotatable bonds is 3. The van der Waals surface area contributed by atoms with Crippen molar-refractivity contribution in [1.82, 2.24) is 4.98 Å². The number of benzene rings is 2. The molecular weight excluding hydrogens is 279 g/mol. The fourth-order valence-corrected chi connectivity index (χ4v) is 2.29. The molecule has 20 heavy (non-hydrogen) atoms. The van der Waals surface area contributed by atoms with Gasteiger partial charge in [0.25, 0.3) is 0 Å². The molecule has 2 N–H and O–H groups in total. The molecule has 0 bridgehead atoms. The summed E-state index contributed by atoms with van der Waals surface area (Å²) in [4.78, 5) is 4.33. The molecular formula is C15H12ClFN2O. The second kappa shape index (κ2) is 5.23. The monoisotopic (exact) mass is 290 g/mol. The van der Waals surface area contributed by atoms with E-state index in [1.807, 2.05) is 24.3 Å². The molecule has 0 aliphatic rings. The van der Waals surface area contributed by atoms with Crippen molar-refractivity contribution in [3.05, 3.63) is 64.8 Å². The molecule has 0 aliphatic carbocycles. The van der Waals surface area contributed by atoms with Crippen molar-refractivity contribution < 1.29 is 8.81 Å². The van der Waals surface area contributed by atoms with E-state index in [4.69, 9.17) is 21.8 Å². The van der Waals surface area contributed by atoms with Crippen LogP contribution >= 0.6 is 11.6 Å². The quantitative estimate of drug-likeness (QED) is 0.797. The van der Waals surface area contributed by atoms with Crippen molar-refractivity contribution >= 4 is 22.7 Å². The molecule has 3 rings (SSSR count). The average molecular weight is 291 g/mol. The van der Waals surface area contributed by atoms with E-state index in [9.17, 15) is 4.39 Å². The molecule has 0 aliphatic heterocycles. The SMILES string of the molecule is NC(Cc1nc2ccccc2o1)c1cccc(Cl)c1F. The van der Waals surface area contributed by atoms with E-state index in [1.54, 1.807) is 12.1 Å². The van der Waals surface area contributed by atoms with E-state index in [-0.39, 0.29) is 5.02 Å². The van der Waals surface area contributed by atoms with E-state index >= 15 is 0 Å². The van der Waals surface area contributed by atoms with Gasteiger partial charge in [0, 0.05) is 18.0 Å². The zero-order valence-electron chi connectivity index (χ0n) is 10.5. The molecule has 1 atom stereocenters. The standard InChI is InChI=1S/C15H12ClFN2O/c16-10-5-3-4-9(15(10)17)11(18)8-14-19-12-6-1-2-7-13(12)20-14/h1-7,11H,8,18H2. The van der Waals surface area contributed by atoms with Gasteiger partial charge in [-0.1, -0.05) is 35.9 Å². The first kappa shape index (κ1) is 13.1. The summed E-state index contributed by atoms with van der Waals surface area (Å²) in [5.74, 6) is -0.00384. The number of aromatic nitrogens is 1. The highest BCUT2D eigenvalue weighted by molar-refractivity contribution is 6.30. The predicted molar refractivity (Wildman–Crippen MR) is 76.1 cm³/mol. The largest absolute Gasteiger partial charge is 0.441 e. The summed E-state index contributed by atoms with van der Waals surface area (Å²) in [6, 6.07) is 11.7. The fourth-order valence-electron chi connectivity index (χ4n) is 2.11. The third-order valence-electron chi connectivity index (χ3n) is 3.11. The maximum absolute atomic E-state index is 13.9. The Kier molecular flexibility index (Phi) is 3.42. The van der Waals surface area contributed by atoms with E-state index in [0.29, 0.717) is 23.5 Å². The van der Waals surface area contributed by atoms with Gasteiger partial charge in [0.15, 0.2) is 11.5 Å². The minimum atomic E-state index is -0.554. The van der Waals surface area contributed by atoms with E-state index in [1.165, 1.54) is 6.07 Å². The second-order valence-corrected chi connectivity index (χ2v) is 4.94. The molecule has 0 radical (unpaired) electrons. The fraction of sp³-hybridized carbons (Fsp3) is 0.133. The average Bonchev–Trinajstić information content (AvgIpc) is 2.83. The van der Waals surface area contributed by atoms with Crippen molar-refractivity contribution in [3.63, 3.8) is 0 Å². The molecule has 1 unspecified atom stereocenters. The molecule has 3 aromatic rings. The van der Waals surface area contributed by atoms with E-state index in [2.05, 4.69) is 4.98 Å². The lowest BCUT2D eigenvalue weighted by molar-refractivity contribution is 0.492. The van der Waals surface area contributed by atoms with Crippen LogP contribution in [0.25, 0.3) is 11.1 Å². The topological polar surface area (TPSA) is 52.0 Å². The van der Waals surface area contributed by atoms with Gasteiger partial charge in [0.05, 0.1) is 5.02 Å². The number of para-hydroxylation sites is 2. The summed E-state index contributed by atoms with van der Waals surface area (Å²) >= 11 is 5.76. The lowest BCUT2D eigenvalue weighted by Crippen LogP contribution is -2.15. The maximum atomic E-state index is 13.9. The zero-order valence-corrected chi connectivity index (χ0v) is 11.3. The van der Waals surface area contributed by atoms with Crippen LogP contribution in [0, 0.1) is 5.82 Å². The van der Waals surface area contributed by atoms with Crippen LogP contribution in [0.1, 0.15) is 17.5 Å². The summed E-state index contributed by atoms with van der Waals surface area (Å²) in [7, 11) is 0. The van der Waals surface area contributed by atoms with Crippen molar-refractivity contribution in [2.75, 3.05) is 0 Å². The number of nitrogens with zero attached hydrogens (tertiary/aromatic N) is 1. The summed E-state index contributed by atoms with van der Waals surface area (Å²) < 4.78 is 19.5. The molecule has 102 valence electrons. The third-order valence-corrected chi connectivity index (χ3v) is 3.41. The van der Waals surface area contributed by atoms with Crippen molar-refractivity contribution in [2.24, 2.45) is 5.73 Å². The molecule has 0 saturated heterocycles. The Morgan fingerprint density at radius 2 is 2.00 bits per heavy atom. The van der Waals surface area contributed by atoms with Crippen molar-refractivity contribution in [3.8, 4) is 0 Å². The van der Waals surface area contributed by atoms with Crippen LogP contribution < -0.4 is 5.73 Å². The number of hydrogen-bond donors (Lipinski definition) is 1. The van der Waals surface area contributed by atoms with E-state index in [0.717, 1.165) is 5.52 Å². The minimum absolute atomic E-state index is 0.0653. The summed E-state index contributed by atoms with van der Waals surface area (Å²) in [5.41, 5.74) is 7.84. The molecule has 2 aromatic carbocycles. The summed E-state index contributed by atoms with van der Waals surface area (Å²) in [6.45, 7) is 0. The molecule has 0 fully saturated rings. The Morgan fingerprint density at radius 1 is 1.20 bits per heavy atom. The first-order valence-electron chi connectivity index (χ1n) is 6.19. The van der Waals surface area contributed by atoms with Crippen LogP contribution in [0.15, 0.2) is 46.9 Å². The van der Waals surface area contributed by atoms with Crippen LogP contribution in [0.3, 0.4) is 0 Å². The van der Waals surface area contributed by atoms with Crippen molar-refractivity contribution in [2.45, 2.75) is 12.5 Å². The Hall–Kier alpha value is -1.91. The first-order chi connectivity index (χ1) is 9.65. The van der Waals surface area contributed by atoms with Gasteiger partial charge in [0.1, 0.15) is 11.3 Å². The molecule has 1 aromatic heterocycles. The Labute approximate surface area is 120 Å². The van der Waals surface area contributed by atoms with Gasteiger partial charge in [-0.25, -0.2) is 9.37 Å². The highest BCUT2D eigenvalue weighted by Gasteiger charge is 2.17. The van der Waals surface area contributed by atoms with Gasteiger partial charge in [-0.05, 0) is 18.2 Å². The van der Waals surface area contributed by atoms with Crippen LogP contribution in [0.4, 0.5) is 4.39 Å². The Morgan fingerprint density at radius 3 is 2.80 bits per heavy atom. The Balaban J connectivity index is 1.88. The van der Waals surface area contributed by atoms with Gasteiger partial charge < -0.3 is 10.2 Å². The molecule has 5 heteroatoms. The first-order valence-corrected chi connectivity index (χ1v) is 6.57. The maximum Gasteiger partial charge on any atom is 0.197 e. The molecule has 0 spiro atoms. The van der Waals surface area contributed by atoms with Gasteiger partial charge >= 0.3 is 0 Å². The third kappa shape index (κ3) is 2.40. The van der Waals surface area contributed by atoms with E-state index < -0.39 is 11.9 Å². The lowest BCUT2D eigenvalue weighted by atomic mass is 10.0. The Bertz CT molecular complexity index is 723. The highest BCUT2D eigenvalue weighted by atomic mass is 35.5. The van der Waals surface area contributed by atoms with Gasteiger partial charge in [0.2, 0.25) is 0 Å². The summed E-state index contributed by atoms with van der Waals surface area (Å²) in [5, 5.41) is 0.0653. The predicted octanol–water partition coefficient (Wildman–Crippen LogP) is 3.86. The lowest BCUT2D eigenvalue weighted by Gasteiger charge is -2.11. The van der Waals surface area contributed by atoms with Gasteiger partial charge in [-0.15, -0.1) is 0 Å². The van der Waals surface area contributed by atoms with Gasteiger partial charge in [-0.3, -0.25) is 0 Å². The summed E-state index contributed by atoms with van der Waals surface area (Å²) in [6.07, 6.45) is 0.311. The zero-order chi connectivity index (χ0) is 14.1. The molecule has 1 heterocycles.